The standard InChI is InChI=1S/C17H16/c1-3-16-11-7-8-14(2)17(16)13-12-15-9-5-4-6-10-15/h4-11H,3H2,1-2H3. The average molecular weight is 220 g/mol. The van der Waals surface area contributed by atoms with Crippen molar-refractivity contribution in [3.8, 4) is 11.8 Å². The maximum absolute atomic E-state index is 3.30. The largest absolute Gasteiger partial charge is 0.0622 e. The molecule has 0 aliphatic rings. The summed E-state index contributed by atoms with van der Waals surface area (Å²) < 4.78 is 0. The second kappa shape index (κ2) is 5.37. The van der Waals surface area contributed by atoms with Gasteiger partial charge in [-0.2, -0.15) is 0 Å². The Hall–Kier alpha value is -2.00. The van der Waals surface area contributed by atoms with Crippen molar-refractivity contribution in [3.63, 3.8) is 0 Å². The highest BCUT2D eigenvalue weighted by molar-refractivity contribution is 5.50. The summed E-state index contributed by atoms with van der Waals surface area (Å²) in [6, 6.07) is 16.5. The molecule has 2 rings (SSSR count). The molecule has 0 bridgehead atoms. The molecular formula is C17H16. The van der Waals surface area contributed by atoms with Crippen molar-refractivity contribution >= 4 is 0 Å². The minimum Gasteiger partial charge on any atom is -0.0622 e. The highest BCUT2D eigenvalue weighted by atomic mass is 14.0. The molecule has 0 atom stereocenters. The minimum absolute atomic E-state index is 1.03. The molecule has 2 aromatic rings. The summed E-state index contributed by atoms with van der Waals surface area (Å²) in [5, 5.41) is 0. The van der Waals surface area contributed by atoms with Crippen LogP contribution in [0.25, 0.3) is 0 Å². The molecule has 0 N–H and O–H groups in total. The lowest BCUT2D eigenvalue weighted by Crippen LogP contribution is -1.90. The van der Waals surface area contributed by atoms with Crippen LogP contribution in [0.2, 0.25) is 0 Å². The highest BCUT2D eigenvalue weighted by Gasteiger charge is 2.00. The fourth-order valence-corrected chi connectivity index (χ4v) is 1.86. The van der Waals surface area contributed by atoms with E-state index in [1.807, 2.05) is 30.3 Å². The van der Waals surface area contributed by atoms with Crippen LogP contribution in [0.5, 0.6) is 0 Å². The summed E-state index contributed by atoms with van der Waals surface area (Å²) in [6.07, 6.45) is 1.03. The van der Waals surface area contributed by atoms with E-state index in [1.165, 1.54) is 16.7 Å². The maximum Gasteiger partial charge on any atom is 0.0310 e. The molecule has 0 aliphatic heterocycles. The third-order valence-electron chi connectivity index (χ3n) is 2.85. The van der Waals surface area contributed by atoms with E-state index in [-0.39, 0.29) is 0 Å². The Balaban J connectivity index is 2.40. The number of benzene rings is 2. The van der Waals surface area contributed by atoms with Crippen molar-refractivity contribution in [3.05, 3.63) is 70.8 Å². The van der Waals surface area contributed by atoms with Gasteiger partial charge >= 0.3 is 0 Å². The van der Waals surface area contributed by atoms with E-state index in [0.717, 1.165) is 12.0 Å². The minimum atomic E-state index is 1.03. The van der Waals surface area contributed by atoms with Crippen LogP contribution in [0, 0.1) is 18.8 Å². The highest BCUT2D eigenvalue weighted by Crippen LogP contribution is 2.13. The molecule has 0 amide bonds. The van der Waals surface area contributed by atoms with E-state index in [0.29, 0.717) is 0 Å². The normalized spacial score (nSPS) is 9.53. The molecule has 0 saturated carbocycles. The van der Waals surface area contributed by atoms with Crippen molar-refractivity contribution in [2.75, 3.05) is 0 Å². The van der Waals surface area contributed by atoms with Crippen LogP contribution in [0.1, 0.15) is 29.2 Å². The van der Waals surface area contributed by atoms with Gasteiger partial charge < -0.3 is 0 Å². The van der Waals surface area contributed by atoms with Gasteiger partial charge in [-0.05, 0) is 36.6 Å². The topological polar surface area (TPSA) is 0 Å². The first kappa shape index (κ1) is 11.5. The molecule has 17 heavy (non-hydrogen) atoms. The molecule has 0 saturated heterocycles. The Bertz CT molecular complexity index is 554. The zero-order valence-corrected chi connectivity index (χ0v) is 10.3. The summed E-state index contributed by atoms with van der Waals surface area (Å²) in [5.41, 5.74) is 4.83. The molecule has 0 unspecified atom stereocenters. The lowest BCUT2D eigenvalue weighted by Gasteiger charge is -2.04. The Kier molecular flexibility index (Phi) is 3.62. The van der Waals surface area contributed by atoms with E-state index in [2.05, 4.69) is 43.9 Å². The summed E-state index contributed by atoms with van der Waals surface area (Å²) in [5.74, 6) is 6.53. The summed E-state index contributed by atoms with van der Waals surface area (Å²) in [7, 11) is 0. The van der Waals surface area contributed by atoms with Crippen molar-refractivity contribution in [1.29, 1.82) is 0 Å². The third-order valence-corrected chi connectivity index (χ3v) is 2.85. The first-order valence-electron chi connectivity index (χ1n) is 5.97. The van der Waals surface area contributed by atoms with Gasteiger partial charge in [0.25, 0.3) is 0 Å². The summed E-state index contributed by atoms with van der Waals surface area (Å²) >= 11 is 0. The first-order valence-corrected chi connectivity index (χ1v) is 5.97. The van der Waals surface area contributed by atoms with Crippen molar-refractivity contribution in [2.24, 2.45) is 0 Å². The van der Waals surface area contributed by atoms with Gasteiger partial charge in [-0.3, -0.25) is 0 Å². The van der Waals surface area contributed by atoms with Crippen LogP contribution in [-0.4, -0.2) is 0 Å². The van der Waals surface area contributed by atoms with E-state index < -0.39 is 0 Å². The lowest BCUT2D eigenvalue weighted by molar-refractivity contribution is 1.12. The fourth-order valence-electron chi connectivity index (χ4n) is 1.86. The Morgan fingerprint density at radius 3 is 2.35 bits per heavy atom. The predicted octanol–water partition coefficient (Wildman–Crippen LogP) is 3.96. The molecule has 0 aromatic heterocycles. The van der Waals surface area contributed by atoms with Gasteiger partial charge in [-0.1, -0.05) is 55.2 Å². The van der Waals surface area contributed by atoms with Gasteiger partial charge in [0.15, 0.2) is 0 Å². The van der Waals surface area contributed by atoms with Gasteiger partial charge in [0.2, 0.25) is 0 Å². The van der Waals surface area contributed by atoms with Crippen LogP contribution in [0.3, 0.4) is 0 Å². The Labute approximate surface area is 103 Å². The molecule has 0 spiro atoms. The second-order valence-corrected chi connectivity index (χ2v) is 4.08. The zero-order chi connectivity index (χ0) is 12.1. The lowest BCUT2D eigenvalue weighted by atomic mass is 10.0. The molecule has 84 valence electrons. The Morgan fingerprint density at radius 1 is 0.882 bits per heavy atom. The van der Waals surface area contributed by atoms with Crippen LogP contribution in [0.15, 0.2) is 48.5 Å². The molecule has 0 fully saturated rings. The summed E-state index contributed by atoms with van der Waals surface area (Å²) in [6.45, 7) is 4.29. The number of hydrogen-bond donors (Lipinski definition) is 0. The number of hydrogen-bond acceptors (Lipinski definition) is 0. The van der Waals surface area contributed by atoms with Gasteiger partial charge in [0.05, 0.1) is 0 Å². The number of aryl methyl sites for hydroxylation is 2. The number of rotatable bonds is 1. The molecule has 0 heteroatoms. The van der Waals surface area contributed by atoms with Gasteiger partial charge in [0.1, 0.15) is 0 Å². The van der Waals surface area contributed by atoms with Crippen molar-refractivity contribution in [1.82, 2.24) is 0 Å². The average Bonchev–Trinajstić information content (AvgIpc) is 2.38. The first-order chi connectivity index (χ1) is 8.31. The summed E-state index contributed by atoms with van der Waals surface area (Å²) in [4.78, 5) is 0. The Morgan fingerprint density at radius 2 is 1.65 bits per heavy atom. The van der Waals surface area contributed by atoms with Crippen molar-refractivity contribution < 1.29 is 0 Å². The quantitative estimate of drug-likeness (QED) is 0.638. The van der Waals surface area contributed by atoms with Gasteiger partial charge in [0, 0.05) is 11.1 Å². The SMILES string of the molecule is CCc1cccc(C)c1C#Cc1ccccc1. The van der Waals surface area contributed by atoms with Crippen LogP contribution >= 0.6 is 0 Å². The zero-order valence-electron chi connectivity index (χ0n) is 10.3. The monoisotopic (exact) mass is 220 g/mol. The predicted molar refractivity (Wildman–Crippen MR) is 73.0 cm³/mol. The van der Waals surface area contributed by atoms with E-state index >= 15 is 0 Å². The van der Waals surface area contributed by atoms with E-state index in [9.17, 15) is 0 Å². The maximum atomic E-state index is 3.30. The fraction of sp³-hybridized carbons (Fsp3) is 0.176. The smallest absolute Gasteiger partial charge is 0.0310 e. The molecule has 0 nitrogen and oxygen atoms in total. The van der Waals surface area contributed by atoms with Crippen molar-refractivity contribution in [2.45, 2.75) is 20.3 Å². The third kappa shape index (κ3) is 2.77. The molecule has 0 heterocycles. The van der Waals surface area contributed by atoms with Gasteiger partial charge in [-0.15, -0.1) is 0 Å². The van der Waals surface area contributed by atoms with Crippen LogP contribution < -0.4 is 0 Å². The molecule has 0 radical (unpaired) electrons. The molecule has 0 aliphatic carbocycles. The second-order valence-electron chi connectivity index (χ2n) is 4.08. The van der Waals surface area contributed by atoms with Crippen LogP contribution in [0.4, 0.5) is 0 Å². The van der Waals surface area contributed by atoms with Gasteiger partial charge in [-0.25, -0.2) is 0 Å². The van der Waals surface area contributed by atoms with Crippen LogP contribution in [-0.2, 0) is 6.42 Å². The van der Waals surface area contributed by atoms with E-state index in [1.54, 1.807) is 0 Å². The molecular weight excluding hydrogens is 204 g/mol. The molecule has 2 aromatic carbocycles. The van der Waals surface area contributed by atoms with E-state index in [4.69, 9.17) is 0 Å².